The summed E-state index contributed by atoms with van der Waals surface area (Å²) < 4.78 is 4.95. The topological polar surface area (TPSA) is 69.9 Å². The molecule has 0 aromatic heterocycles. The molecule has 4 rings (SSSR count). The van der Waals surface area contributed by atoms with Gasteiger partial charge < -0.3 is 20.1 Å². The lowest BCUT2D eigenvalue weighted by atomic mass is 9.70. The maximum absolute atomic E-state index is 12.3. The van der Waals surface area contributed by atoms with Gasteiger partial charge in [-0.1, -0.05) is 107 Å². The van der Waals surface area contributed by atoms with Gasteiger partial charge in [-0.15, -0.1) is 0 Å². The highest BCUT2D eigenvalue weighted by Crippen LogP contribution is 2.54. The number of halogens is 1. The van der Waals surface area contributed by atoms with E-state index in [-0.39, 0.29) is 12.8 Å². The molecule has 1 fully saturated rings. The van der Waals surface area contributed by atoms with E-state index < -0.39 is 28.4 Å². The second kappa shape index (κ2) is 8.85. The summed E-state index contributed by atoms with van der Waals surface area (Å²) in [7, 11) is 0. The highest BCUT2D eigenvalue weighted by molar-refractivity contribution is 9.10. The molecule has 0 aliphatic carbocycles. The molecule has 1 aliphatic heterocycles. The third-order valence-electron chi connectivity index (χ3n) is 6.25. The first-order chi connectivity index (χ1) is 14.9. The predicted molar refractivity (Wildman–Crippen MR) is 124 cm³/mol. The fourth-order valence-electron chi connectivity index (χ4n) is 4.59. The van der Waals surface area contributed by atoms with Crippen LogP contribution in [0.5, 0.6) is 0 Å². The molecular formula is C26H27BrO4. The standard InChI is InChI=1S/C26H27BrO4/c27-26(18-22-14-8-3-9-15-22)25(30,17-21-12-6-2-7-13-21)24(29,23(19-28)31-26)16-20-10-4-1-5-11-20/h1-15,23,28-30H,16-19H2/t23-,24-,25+,26+/m1/s1. The molecular weight excluding hydrogens is 456 g/mol. The molecule has 1 aliphatic rings. The Balaban J connectivity index is 1.80. The van der Waals surface area contributed by atoms with E-state index in [1.54, 1.807) is 0 Å². The first-order valence-corrected chi connectivity index (χ1v) is 11.2. The molecule has 0 unspecified atom stereocenters. The number of hydrogen-bond acceptors (Lipinski definition) is 4. The van der Waals surface area contributed by atoms with Gasteiger partial charge in [0, 0.05) is 19.3 Å². The smallest absolute Gasteiger partial charge is 0.159 e. The third-order valence-corrected chi connectivity index (χ3v) is 7.38. The van der Waals surface area contributed by atoms with Crippen LogP contribution in [-0.2, 0) is 24.0 Å². The van der Waals surface area contributed by atoms with E-state index in [4.69, 9.17) is 4.74 Å². The van der Waals surface area contributed by atoms with Gasteiger partial charge in [0.1, 0.15) is 17.3 Å². The van der Waals surface area contributed by atoms with Gasteiger partial charge >= 0.3 is 0 Å². The van der Waals surface area contributed by atoms with E-state index in [0.29, 0.717) is 6.42 Å². The largest absolute Gasteiger partial charge is 0.394 e. The number of ether oxygens (including phenoxy) is 1. The van der Waals surface area contributed by atoms with E-state index in [9.17, 15) is 15.3 Å². The van der Waals surface area contributed by atoms with Gasteiger partial charge in [0.15, 0.2) is 4.51 Å². The lowest BCUT2D eigenvalue weighted by Gasteiger charge is -2.44. The lowest BCUT2D eigenvalue weighted by molar-refractivity contribution is -0.150. The second-order valence-electron chi connectivity index (χ2n) is 8.29. The Kier molecular flexibility index (Phi) is 6.33. The van der Waals surface area contributed by atoms with Gasteiger partial charge in [-0.2, -0.15) is 0 Å². The number of hydrogen-bond donors (Lipinski definition) is 3. The predicted octanol–water partition coefficient (Wildman–Crippen LogP) is 3.66. The normalized spacial score (nSPS) is 30.4. The zero-order valence-corrected chi connectivity index (χ0v) is 18.8. The number of aliphatic hydroxyl groups is 3. The van der Waals surface area contributed by atoms with Crippen LogP contribution in [0.3, 0.4) is 0 Å². The minimum absolute atomic E-state index is 0.143. The average Bonchev–Trinajstić information content (AvgIpc) is 2.93. The average molecular weight is 483 g/mol. The SMILES string of the molecule is OC[C@H]1O[C@@](Br)(Cc2ccccc2)[C@](O)(Cc2ccccc2)[C@@]1(O)Cc1ccccc1. The summed E-state index contributed by atoms with van der Waals surface area (Å²) in [6, 6.07) is 28.8. The van der Waals surface area contributed by atoms with Gasteiger partial charge in [-0.3, -0.25) is 0 Å². The summed E-state index contributed by atoms with van der Waals surface area (Å²) in [4.78, 5) is 0. The van der Waals surface area contributed by atoms with Crippen molar-refractivity contribution in [3.8, 4) is 0 Å². The molecule has 1 saturated heterocycles. The molecule has 162 valence electrons. The van der Waals surface area contributed by atoms with Gasteiger partial charge in [0.2, 0.25) is 0 Å². The van der Waals surface area contributed by atoms with Gasteiger partial charge in [-0.25, -0.2) is 0 Å². The molecule has 1 heterocycles. The molecule has 4 atom stereocenters. The molecule has 0 amide bonds. The summed E-state index contributed by atoms with van der Waals surface area (Å²) in [6.07, 6.45) is -0.342. The van der Waals surface area contributed by atoms with Crippen LogP contribution in [0.15, 0.2) is 91.0 Å². The summed E-state index contributed by atoms with van der Waals surface area (Å²) in [5, 5.41) is 34.5. The van der Waals surface area contributed by atoms with E-state index in [1.807, 2.05) is 91.0 Å². The molecule has 31 heavy (non-hydrogen) atoms. The van der Waals surface area contributed by atoms with Crippen LogP contribution in [0, 0.1) is 0 Å². The van der Waals surface area contributed by atoms with Crippen LogP contribution < -0.4 is 0 Å². The van der Waals surface area contributed by atoms with Crippen LogP contribution in [0.1, 0.15) is 16.7 Å². The van der Waals surface area contributed by atoms with E-state index in [0.717, 1.165) is 16.7 Å². The van der Waals surface area contributed by atoms with Crippen LogP contribution in [0.4, 0.5) is 0 Å². The number of rotatable bonds is 7. The van der Waals surface area contributed by atoms with Crippen molar-refractivity contribution in [3.63, 3.8) is 0 Å². The molecule has 0 radical (unpaired) electrons. The number of alkyl halides is 1. The van der Waals surface area contributed by atoms with Crippen molar-refractivity contribution in [3.05, 3.63) is 108 Å². The minimum Gasteiger partial charge on any atom is -0.394 e. The second-order valence-corrected chi connectivity index (χ2v) is 9.57. The van der Waals surface area contributed by atoms with Gasteiger partial charge in [0.25, 0.3) is 0 Å². The fraction of sp³-hybridized carbons (Fsp3) is 0.308. The van der Waals surface area contributed by atoms with E-state index in [1.165, 1.54) is 0 Å². The molecule has 0 spiro atoms. The lowest BCUT2D eigenvalue weighted by Crippen LogP contribution is -2.65. The van der Waals surface area contributed by atoms with Gasteiger partial charge in [-0.05, 0) is 16.7 Å². The number of aliphatic hydroxyl groups excluding tert-OH is 1. The Morgan fingerprint density at radius 1 is 0.677 bits per heavy atom. The van der Waals surface area contributed by atoms with Crippen LogP contribution in [0.2, 0.25) is 0 Å². The zero-order chi connectivity index (χ0) is 22.0. The van der Waals surface area contributed by atoms with Crippen LogP contribution >= 0.6 is 15.9 Å². The Hall–Kier alpha value is -2.02. The number of benzene rings is 3. The zero-order valence-electron chi connectivity index (χ0n) is 17.2. The Morgan fingerprint density at radius 2 is 1.10 bits per heavy atom. The van der Waals surface area contributed by atoms with Crippen molar-refractivity contribution in [2.45, 2.75) is 41.1 Å². The Morgan fingerprint density at radius 3 is 1.55 bits per heavy atom. The minimum atomic E-state index is -1.72. The molecule has 0 saturated carbocycles. The summed E-state index contributed by atoms with van der Waals surface area (Å²) in [5.74, 6) is 0. The quantitative estimate of drug-likeness (QED) is 0.449. The van der Waals surface area contributed by atoms with Gasteiger partial charge in [0.05, 0.1) is 6.61 Å². The first-order valence-electron chi connectivity index (χ1n) is 10.4. The summed E-state index contributed by atoms with van der Waals surface area (Å²) >= 11 is 3.69. The molecule has 0 bridgehead atoms. The summed E-state index contributed by atoms with van der Waals surface area (Å²) in [6.45, 7) is -0.414. The Labute approximate surface area is 191 Å². The Bertz CT molecular complexity index is 984. The third kappa shape index (κ3) is 4.09. The molecule has 3 N–H and O–H groups in total. The van der Waals surface area contributed by atoms with Crippen molar-refractivity contribution in [1.82, 2.24) is 0 Å². The molecule has 3 aromatic rings. The van der Waals surface area contributed by atoms with Crippen molar-refractivity contribution in [1.29, 1.82) is 0 Å². The highest BCUT2D eigenvalue weighted by atomic mass is 79.9. The maximum Gasteiger partial charge on any atom is 0.159 e. The van der Waals surface area contributed by atoms with E-state index >= 15 is 0 Å². The maximum atomic E-state index is 12.3. The van der Waals surface area contributed by atoms with Crippen molar-refractivity contribution in [2.75, 3.05) is 6.61 Å². The first kappa shape index (κ1) is 22.2. The van der Waals surface area contributed by atoms with Crippen molar-refractivity contribution in [2.24, 2.45) is 0 Å². The summed E-state index contributed by atoms with van der Waals surface area (Å²) in [5.41, 5.74) is -0.769. The molecule has 4 nitrogen and oxygen atoms in total. The fourth-order valence-corrected chi connectivity index (χ4v) is 5.62. The highest BCUT2D eigenvalue weighted by Gasteiger charge is 2.71. The van der Waals surface area contributed by atoms with E-state index in [2.05, 4.69) is 15.9 Å². The van der Waals surface area contributed by atoms with Crippen molar-refractivity contribution < 1.29 is 20.1 Å². The molecule has 3 aromatic carbocycles. The van der Waals surface area contributed by atoms with Crippen LogP contribution in [-0.4, -0.2) is 43.7 Å². The van der Waals surface area contributed by atoms with Crippen molar-refractivity contribution >= 4 is 15.9 Å². The monoisotopic (exact) mass is 482 g/mol. The van der Waals surface area contributed by atoms with Crippen LogP contribution in [0.25, 0.3) is 0 Å². The molecule has 5 heteroatoms.